The summed E-state index contributed by atoms with van der Waals surface area (Å²) in [6, 6.07) is 14.2. The van der Waals surface area contributed by atoms with Gasteiger partial charge in [0.05, 0.1) is 0 Å². The van der Waals surface area contributed by atoms with Crippen LogP contribution in [0.4, 0.5) is 0 Å². The predicted molar refractivity (Wildman–Crippen MR) is 95.4 cm³/mol. The fraction of sp³-hybridized carbons (Fsp3) is 0.238. The molecule has 2 aromatic carbocycles. The number of ether oxygens (including phenoxy) is 1. The first-order chi connectivity index (χ1) is 12.1. The van der Waals surface area contributed by atoms with Crippen molar-refractivity contribution in [3.8, 4) is 5.75 Å². The van der Waals surface area contributed by atoms with Crippen molar-refractivity contribution in [3.63, 3.8) is 0 Å². The van der Waals surface area contributed by atoms with Crippen molar-refractivity contribution in [1.29, 1.82) is 0 Å². The van der Waals surface area contributed by atoms with Crippen molar-refractivity contribution >= 4 is 16.8 Å². The van der Waals surface area contributed by atoms with Crippen LogP contribution in [0.5, 0.6) is 5.75 Å². The van der Waals surface area contributed by atoms with E-state index in [1.165, 1.54) is 17.2 Å². The second-order valence-electron chi connectivity index (χ2n) is 6.42. The zero-order chi connectivity index (χ0) is 17.4. The molecule has 0 fully saturated rings. The Balaban J connectivity index is 1.55. The van der Waals surface area contributed by atoms with Crippen molar-refractivity contribution in [3.05, 3.63) is 75.6 Å². The number of Topliss-reactive ketones (excluding diaryl/α,β-unsaturated/α-hetero) is 1. The highest BCUT2D eigenvalue weighted by atomic mass is 16.5. The molecule has 1 aliphatic rings. The summed E-state index contributed by atoms with van der Waals surface area (Å²) in [6.45, 7) is 1.74. The van der Waals surface area contributed by atoms with Gasteiger partial charge in [0.25, 0.3) is 0 Å². The molecule has 0 saturated carbocycles. The normalized spacial score (nSPS) is 14.3. The Morgan fingerprint density at radius 1 is 1.04 bits per heavy atom. The molecule has 126 valence electrons. The van der Waals surface area contributed by atoms with Crippen LogP contribution in [0.2, 0.25) is 0 Å². The molecule has 0 saturated heterocycles. The van der Waals surface area contributed by atoms with Crippen LogP contribution in [0.15, 0.2) is 57.7 Å². The number of rotatable bonds is 4. The highest BCUT2D eigenvalue weighted by Crippen LogP contribution is 2.25. The van der Waals surface area contributed by atoms with Crippen LogP contribution in [-0.2, 0) is 12.8 Å². The molecule has 4 nitrogen and oxygen atoms in total. The van der Waals surface area contributed by atoms with Gasteiger partial charge in [-0.1, -0.05) is 12.1 Å². The van der Waals surface area contributed by atoms with Crippen LogP contribution in [-0.4, -0.2) is 11.9 Å². The second-order valence-corrected chi connectivity index (χ2v) is 6.42. The highest BCUT2D eigenvalue weighted by molar-refractivity contribution is 5.99. The summed E-state index contributed by atoms with van der Waals surface area (Å²) in [5, 5.41) is 0.810. The second kappa shape index (κ2) is 6.20. The van der Waals surface area contributed by atoms with Gasteiger partial charge in [-0.3, -0.25) is 4.79 Å². The molecule has 0 bridgehead atoms. The van der Waals surface area contributed by atoms with Crippen molar-refractivity contribution in [2.45, 2.75) is 32.3 Å². The number of carbonyl (C=O) groups is 1. The van der Waals surface area contributed by atoms with E-state index in [2.05, 4.69) is 0 Å². The third kappa shape index (κ3) is 3.07. The van der Waals surface area contributed by atoms with Crippen molar-refractivity contribution < 1.29 is 13.9 Å². The lowest BCUT2D eigenvalue weighted by Crippen LogP contribution is -2.24. The van der Waals surface area contributed by atoms with Crippen LogP contribution in [0.25, 0.3) is 11.0 Å². The summed E-state index contributed by atoms with van der Waals surface area (Å²) >= 11 is 0. The average Bonchev–Trinajstić information content (AvgIpc) is 3.08. The molecular formula is C21H18O4. The summed E-state index contributed by atoms with van der Waals surface area (Å²) in [6.07, 6.45) is 2.67. The van der Waals surface area contributed by atoms with Crippen molar-refractivity contribution in [2.75, 3.05) is 0 Å². The lowest BCUT2D eigenvalue weighted by molar-refractivity contribution is 0.0818. The minimum absolute atomic E-state index is 0.0516. The maximum atomic E-state index is 12.7. The zero-order valence-electron chi connectivity index (χ0n) is 14.0. The Bertz CT molecular complexity index is 1020. The third-order valence-corrected chi connectivity index (χ3v) is 4.66. The maximum Gasteiger partial charge on any atom is 0.336 e. The van der Waals surface area contributed by atoms with E-state index < -0.39 is 11.7 Å². The maximum absolute atomic E-state index is 12.7. The number of ketones is 1. The first-order valence-corrected chi connectivity index (χ1v) is 8.47. The van der Waals surface area contributed by atoms with Crippen molar-refractivity contribution in [2.24, 2.45) is 0 Å². The van der Waals surface area contributed by atoms with Gasteiger partial charge in [-0.15, -0.1) is 0 Å². The molecule has 0 spiro atoms. The average molecular weight is 334 g/mol. The molecule has 25 heavy (non-hydrogen) atoms. The molecule has 3 aromatic rings. The summed E-state index contributed by atoms with van der Waals surface area (Å²) in [5.74, 6) is 0.452. The Labute approximate surface area is 145 Å². The molecule has 1 aromatic heterocycles. The van der Waals surface area contributed by atoms with Gasteiger partial charge in [-0.05, 0) is 61.6 Å². The number of fused-ring (bicyclic) bond motifs is 2. The summed E-state index contributed by atoms with van der Waals surface area (Å²) in [7, 11) is 0. The number of hydrogen-bond donors (Lipinski definition) is 0. The molecule has 0 unspecified atom stereocenters. The fourth-order valence-electron chi connectivity index (χ4n) is 3.33. The van der Waals surface area contributed by atoms with E-state index in [1.54, 1.807) is 31.2 Å². The summed E-state index contributed by atoms with van der Waals surface area (Å²) in [4.78, 5) is 24.0. The molecule has 1 atom stereocenters. The molecule has 0 amide bonds. The van der Waals surface area contributed by atoms with Gasteiger partial charge in [-0.25, -0.2) is 4.79 Å². The number of aryl methyl sites for hydroxylation is 2. The topological polar surface area (TPSA) is 56.5 Å². The molecule has 1 aliphatic carbocycles. The van der Waals surface area contributed by atoms with Gasteiger partial charge >= 0.3 is 5.63 Å². The Morgan fingerprint density at radius 3 is 2.72 bits per heavy atom. The Kier molecular flexibility index (Phi) is 3.88. The van der Waals surface area contributed by atoms with E-state index >= 15 is 0 Å². The lowest BCUT2D eigenvalue weighted by atomic mass is 10.0. The third-order valence-electron chi connectivity index (χ3n) is 4.66. The molecule has 1 heterocycles. The van der Waals surface area contributed by atoms with Gasteiger partial charge in [0.1, 0.15) is 11.3 Å². The molecule has 0 aliphatic heterocycles. The minimum Gasteiger partial charge on any atom is -0.482 e. The monoisotopic (exact) mass is 334 g/mol. The van der Waals surface area contributed by atoms with E-state index in [0.29, 0.717) is 16.9 Å². The Hall–Kier alpha value is -2.88. The SMILES string of the molecule is C[C@H](Oc1ccc2ccc(=O)oc2c1)C(=O)c1ccc2c(c1)CCC2. The van der Waals surface area contributed by atoms with Gasteiger partial charge in [0.2, 0.25) is 5.78 Å². The first-order valence-electron chi connectivity index (χ1n) is 8.47. The van der Waals surface area contributed by atoms with E-state index in [4.69, 9.17) is 9.15 Å². The standard InChI is InChI=1S/C21H18O4/c1-13(21(23)17-6-5-14-3-2-4-16(14)11-17)24-18-9-7-15-8-10-20(22)25-19(15)12-18/h5-13H,2-4H2,1H3/t13-/m0/s1. The zero-order valence-corrected chi connectivity index (χ0v) is 14.0. The highest BCUT2D eigenvalue weighted by Gasteiger charge is 2.20. The molecule has 4 rings (SSSR count). The summed E-state index contributed by atoms with van der Waals surface area (Å²) < 4.78 is 10.9. The lowest BCUT2D eigenvalue weighted by Gasteiger charge is -2.14. The first kappa shape index (κ1) is 15.6. The number of benzene rings is 2. The van der Waals surface area contributed by atoms with Crippen LogP contribution in [0.1, 0.15) is 34.8 Å². The van der Waals surface area contributed by atoms with Gasteiger partial charge in [0, 0.05) is 23.1 Å². The Morgan fingerprint density at radius 2 is 1.84 bits per heavy atom. The van der Waals surface area contributed by atoms with E-state index in [-0.39, 0.29) is 5.78 Å². The number of carbonyl (C=O) groups excluding carboxylic acids is 1. The van der Waals surface area contributed by atoms with E-state index in [1.807, 2.05) is 18.2 Å². The smallest absolute Gasteiger partial charge is 0.336 e. The summed E-state index contributed by atoms with van der Waals surface area (Å²) in [5.41, 5.74) is 3.33. The van der Waals surface area contributed by atoms with Gasteiger partial charge in [-0.2, -0.15) is 0 Å². The van der Waals surface area contributed by atoms with Crippen LogP contribution in [0.3, 0.4) is 0 Å². The van der Waals surface area contributed by atoms with Crippen LogP contribution in [0, 0.1) is 0 Å². The van der Waals surface area contributed by atoms with Gasteiger partial charge in [0.15, 0.2) is 6.10 Å². The molecule has 4 heteroatoms. The molecule has 0 N–H and O–H groups in total. The van der Waals surface area contributed by atoms with E-state index in [0.717, 1.165) is 24.6 Å². The van der Waals surface area contributed by atoms with Crippen LogP contribution < -0.4 is 10.4 Å². The largest absolute Gasteiger partial charge is 0.482 e. The molecular weight excluding hydrogens is 316 g/mol. The van der Waals surface area contributed by atoms with Gasteiger partial charge < -0.3 is 9.15 Å². The quantitative estimate of drug-likeness (QED) is 0.536. The van der Waals surface area contributed by atoms with Crippen molar-refractivity contribution in [1.82, 2.24) is 0 Å². The van der Waals surface area contributed by atoms with Crippen LogP contribution >= 0.6 is 0 Å². The predicted octanol–water partition coefficient (Wildman–Crippen LogP) is 3.93. The fourth-order valence-corrected chi connectivity index (χ4v) is 3.33. The molecule has 0 radical (unpaired) electrons. The minimum atomic E-state index is -0.618. The number of hydrogen-bond acceptors (Lipinski definition) is 4. The van der Waals surface area contributed by atoms with E-state index in [9.17, 15) is 9.59 Å².